The van der Waals surface area contributed by atoms with E-state index in [2.05, 4.69) is 24.8 Å². The van der Waals surface area contributed by atoms with Crippen molar-refractivity contribution in [3.63, 3.8) is 0 Å². The number of aromatic nitrogens is 5. The number of nitrogens with two attached hydrogens (primary N) is 1. The third-order valence-electron chi connectivity index (χ3n) is 4.41. The van der Waals surface area contributed by atoms with Crippen molar-refractivity contribution in [2.24, 2.45) is 12.8 Å². The molecule has 2 aromatic heterocycles. The van der Waals surface area contributed by atoms with Crippen LogP contribution in [-0.2, 0) is 18.4 Å². The summed E-state index contributed by atoms with van der Waals surface area (Å²) in [6, 6.07) is 1.90. The van der Waals surface area contributed by atoms with Crippen LogP contribution in [0, 0.1) is 0 Å². The smallest absolute Gasteiger partial charge is 0.218 e. The second kappa shape index (κ2) is 6.91. The van der Waals surface area contributed by atoms with Crippen LogP contribution in [0.3, 0.4) is 0 Å². The zero-order valence-electron chi connectivity index (χ0n) is 13.4. The molecular weight excluding hydrogens is 294 g/mol. The van der Waals surface area contributed by atoms with E-state index in [9.17, 15) is 4.79 Å². The fraction of sp³-hybridized carbons (Fsp3) is 0.600. The predicted molar refractivity (Wildman–Crippen MR) is 84.6 cm³/mol. The number of likely N-dealkylation sites (tertiary alicyclic amines) is 1. The van der Waals surface area contributed by atoms with Crippen LogP contribution in [-0.4, -0.2) is 55.0 Å². The van der Waals surface area contributed by atoms with E-state index in [0.717, 1.165) is 44.1 Å². The summed E-state index contributed by atoms with van der Waals surface area (Å²) >= 11 is 0. The van der Waals surface area contributed by atoms with Crippen molar-refractivity contribution in [3.05, 3.63) is 30.1 Å². The molecular formula is C15H23N7O. The Bertz CT molecular complexity index is 649. The van der Waals surface area contributed by atoms with Crippen LogP contribution < -0.4 is 5.73 Å². The number of amides is 1. The minimum absolute atomic E-state index is 0.243. The van der Waals surface area contributed by atoms with Crippen molar-refractivity contribution < 1.29 is 4.79 Å². The van der Waals surface area contributed by atoms with Crippen LogP contribution in [0.25, 0.3) is 0 Å². The molecule has 1 amide bonds. The first-order chi connectivity index (χ1) is 11.1. The first-order valence-corrected chi connectivity index (χ1v) is 7.99. The number of rotatable bonds is 6. The maximum absolute atomic E-state index is 11.0. The van der Waals surface area contributed by atoms with E-state index >= 15 is 0 Å². The van der Waals surface area contributed by atoms with Gasteiger partial charge in [-0.2, -0.15) is 5.10 Å². The summed E-state index contributed by atoms with van der Waals surface area (Å²) in [6.45, 7) is 3.27. The van der Waals surface area contributed by atoms with Crippen LogP contribution in [0.15, 0.2) is 18.5 Å². The van der Waals surface area contributed by atoms with Crippen LogP contribution in [0.2, 0.25) is 0 Å². The van der Waals surface area contributed by atoms with E-state index < -0.39 is 0 Å². The normalized spacial score (nSPS) is 19.1. The van der Waals surface area contributed by atoms with Crippen molar-refractivity contribution in [3.8, 4) is 0 Å². The molecule has 3 rings (SSSR count). The van der Waals surface area contributed by atoms with Crippen LogP contribution in [0.5, 0.6) is 0 Å². The number of carbonyl (C=O) groups is 1. The molecule has 0 aliphatic carbocycles. The minimum atomic E-state index is -0.243. The summed E-state index contributed by atoms with van der Waals surface area (Å²) in [5.41, 5.74) is 5.25. The molecule has 1 fully saturated rings. The quantitative estimate of drug-likeness (QED) is 0.816. The summed E-state index contributed by atoms with van der Waals surface area (Å²) < 4.78 is 3.91. The number of nitrogens with zero attached hydrogens (tertiary/aromatic N) is 6. The molecule has 1 aliphatic heterocycles. The van der Waals surface area contributed by atoms with Gasteiger partial charge < -0.3 is 15.2 Å². The van der Waals surface area contributed by atoms with Crippen LogP contribution in [0.4, 0.5) is 0 Å². The average molecular weight is 317 g/mol. The molecule has 124 valence electrons. The summed E-state index contributed by atoms with van der Waals surface area (Å²) in [5.74, 6) is 2.02. The largest absolute Gasteiger partial charge is 0.370 e. The van der Waals surface area contributed by atoms with Gasteiger partial charge in [-0.3, -0.25) is 9.48 Å². The van der Waals surface area contributed by atoms with Gasteiger partial charge in [-0.25, -0.2) is 0 Å². The van der Waals surface area contributed by atoms with Gasteiger partial charge in [0, 0.05) is 44.9 Å². The molecule has 8 heteroatoms. The second-order valence-electron chi connectivity index (χ2n) is 6.09. The van der Waals surface area contributed by atoms with Gasteiger partial charge in [-0.1, -0.05) is 0 Å². The highest BCUT2D eigenvalue weighted by molar-refractivity contribution is 5.73. The zero-order valence-corrected chi connectivity index (χ0v) is 13.4. The van der Waals surface area contributed by atoms with E-state index in [4.69, 9.17) is 5.73 Å². The van der Waals surface area contributed by atoms with Gasteiger partial charge in [0.05, 0.1) is 0 Å². The molecule has 0 saturated carbocycles. The molecule has 0 bridgehead atoms. The Kier molecular flexibility index (Phi) is 4.71. The Balaban J connectivity index is 1.66. The molecule has 2 N–H and O–H groups in total. The second-order valence-corrected chi connectivity index (χ2v) is 6.09. The molecule has 0 aromatic carbocycles. The molecule has 23 heavy (non-hydrogen) atoms. The van der Waals surface area contributed by atoms with Crippen molar-refractivity contribution in [1.82, 2.24) is 29.4 Å². The summed E-state index contributed by atoms with van der Waals surface area (Å²) in [5, 5.41) is 12.9. The zero-order chi connectivity index (χ0) is 16.2. The summed E-state index contributed by atoms with van der Waals surface area (Å²) in [4.78, 5) is 13.3. The van der Waals surface area contributed by atoms with Crippen molar-refractivity contribution >= 4 is 5.91 Å². The Morgan fingerprint density at radius 1 is 1.43 bits per heavy atom. The highest BCUT2D eigenvalue weighted by Gasteiger charge is 2.26. The van der Waals surface area contributed by atoms with Gasteiger partial charge in [0.15, 0.2) is 5.82 Å². The number of primary amides is 1. The maximum Gasteiger partial charge on any atom is 0.218 e. The number of hydrogen-bond donors (Lipinski definition) is 1. The lowest BCUT2D eigenvalue weighted by atomic mass is 9.97. The molecule has 8 nitrogen and oxygen atoms in total. The van der Waals surface area contributed by atoms with Gasteiger partial charge in [0.1, 0.15) is 12.4 Å². The topological polar surface area (TPSA) is 94.9 Å². The fourth-order valence-electron chi connectivity index (χ4n) is 3.15. The average Bonchev–Trinajstić information content (AvgIpc) is 3.17. The van der Waals surface area contributed by atoms with Gasteiger partial charge in [-0.05, 0) is 25.5 Å². The Hall–Kier alpha value is -2.22. The molecule has 1 saturated heterocycles. The third kappa shape index (κ3) is 3.76. The fourth-order valence-corrected chi connectivity index (χ4v) is 3.15. The van der Waals surface area contributed by atoms with E-state index in [0.29, 0.717) is 18.9 Å². The van der Waals surface area contributed by atoms with Crippen molar-refractivity contribution in [1.29, 1.82) is 0 Å². The molecule has 0 radical (unpaired) electrons. The van der Waals surface area contributed by atoms with Crippen LogP contribution in [0.1, 0.15) is 36.8 Å². The van der Waals surface area contributed by atoms with Gasteiger partial charge in [0.2, 0.25) is 5.91 Å². The van der Waals surface area contributed by atoms with Crippen LogP contribution >= 0.6 is 0 Å². The molecule has 3 heterocycles. The van der Waals surface area contributed by atoms with Crippen molar-refractivity contribution in [2.75, 3.05) is 19.6 Å². The lowest BCUT2D eigenvalue weighted by molar-refractivity contribution is -0.118. The highest BCUT2D eigenvalue weighted by atomic mass is 16.1. The SMILES string of the molecule is Cn1c(Cn2cccn2)nnc1C1CCCN(CCC(N)=O)C1. The first-order valence-electron chi connectivity index (χ1n) is 7.99. The molecule has 1 atom stereocenters. The minimum Gasteiger partial charge on any atom is -0.370 e. The summed E-state index contributed by atoms with van der Waals surface area (Å²) in [7, 11) is 2.01. The Morgan fingerprint density at radius 2 is 2.30 bits per heavy atom. The predicted octanol–water partition coefficient (Wildman–Crippen LogP) is 0.115. The summed E-state index contributed by atoms with van der Waals surface area (Å²) in [6.07, 6.45) is 6.29. The molecule has 2 aromatic rings. The third-order valence-corrected chi connectivity index (χ3v) is 4.41. The molecule has 0 spiro atoms. The van der Waals surface area contributed by atoms with Crippen molar-refractivity contribution in [2.45, 2.75) is 31.7 Å². The Labute approximate surface area is 135 Å². The molecule has 1 unspecified atom stereocenters. The molecule has 1 aliphatic rings. The van der Waals surface area contributed by atoms with E-state index in [1.807, 2.05) is 24.0 Å². The van der Waals surface area contributed by atoms with Gasteiger partial charge >= 0.3 is 0 Å². The standard InChI is InChI=1S/C15H23N7O/c1-20-14(11-22-8-3-6-17-22)18-19-15(20)12-4-2-7-21(10-12)9-5-13(16)23/h3,6,8,12H,2,4-5,7,9-11H2,1H3,(H2,16,23). The number of piperidine rings is 1. The van der Waals surface area contributed by atoms with E-state index in [1.54, 1.807) is 6.20 Å². The number of carbonyl (C=O) groups excluding carboxylic acids is 1. The van der Waals surface area contributed by atoms with E-state index in [1.165, 1.54) is 0 Å². The highest BCUT2D eigenvalue weighted by Crippen LogP contribution is 2.25. The number of hydrogen-bond acceptors (Lipinski definition) is 5. The lowest BCUT2D eigenvalue weighted by Gasteiger charge is -2.31. The van der Waals surface area contributed by atoms with Gasteiger partial charge in [-0.15, -0.1) is 10.2 Å². The lowest BCUT2D eigenvalue weighted by Crippen LogP contribution is -2.37. The van der Waals surface area contributed by atoms with Gasteiger partial charge in [0.25, 0.3) is 0 Å². The first kappa shape index (κ1) is 15.7. The Morgan fingerprint density at radius 3 is 3.04 bits per heavy atom. The monoisotopic (exact) mass is 317 g/mol. The maximum atomic E-state index is 11.0. The van der Waals surface area contributed by atoms with E-state index in [-0.39, 0.29) is 5.91 Å².